The Hall–Kier alpha value is -3.99. The average Bonchev–Trinajstić information content (AvgIpc) is 3.51. The second kappa shape index (κ2) is 10.2. The van der Waals surface area contributed by atoms with Crippen molar-refractivity contribution in [1.29, 1.82) is 0 Å². The molecule has 1 atom stereocenters. The summed E-state index contributed by atoms with van der Waals surface area (Å²) >= 11 is 0. The van der Waals surface area contributed by atoms with Gasteiger partial charge in [-0.2, -0.15) is 18.3 Å². The molecule has 6 nitrogen and oxygen atoms in total. The number of hydrogen-bond acceptors (Lipinski definition) is 5. The summed E-state index contributed by atoms with van der Waals surface area (Å²) in [6, 6.07) is 14.4. The van der Waals surface area contributed by atoms with Crippen LogP contribution in [0.25, 0.3) is 0 Å². The van der Waals surface area contributed by atoms with Crippen molar-refractivity contribution in [1.82, 2.24) is 19.8 Å². The maximum atomic E-state index is 14.6. The van der Waals surface area contributed by atoms with Gasteiger partial charge < -0.3 is 10.7 Å². The fourth-order valence-corrected chi connectivity index (χ4v) is 4.39. The largest absolute Gasteiger partial charge is 0.416 e. The van der Waals surface area contributed by atoms with Gasteiger partial charge in [-0.05, 0) is 53.1 Å². The van der Waals surface area contributed by atoms with E-state index in [0.717, 1.165) is 40.7 Å². The van der Waals surface area contributed by atoms with E-state index in [1.165, 1.54) is 30.6 Å². The zero-order valence-corrected chi connectivity index (χ0v) is 19.5. The van der Waals surface area contributed by atoms with Gasteiger partial charge in [0.15, 0.2) is 0 Å². The van der Waals surface area contributed by atoms with Crippen LogP contribution in [-0.4, -0.2) is 26.3 Å². The molecule has 1 aliphatic rings. The maximum absolute atomic E-state index is 14.6. The number of hydrogen-bond donors (Lipinski definition) is 2. The van der Waals surface area contributed by atoms with Crippen molar-refractivity contribution in [2.24, 2.45) is 0 Å². The summed E-state index contributed by atoms with van der Waals surface area (Å²) in [5.41, 5.74) is 6.49. The van der Waals surface area contributed by atoms with Crippen LogP contribution >= 0.6 is 0 Å². The molecule has 37 heavy (non-hydrogen) atoms. The molecule has 2 N–H and O–H groups in total. The Morgan fingerprint density at radius 1 is 0.973 bits per heavy atom. The monoisotopic (exact) mass is 514 g/mol. The van der Waals surface area contributed by atoms with Gasteiger partial charge in [-0.1, -0.05) is 18.2 Å². The molecule has 192 valence electrons. The Kier molecular flexibility index (Phi) is 6.79. The van der Waals surface area contributed by atoms with Gasteiger partial charge in [0.2, 0.25) is 0 Å². The lowest BCUT2D eigenvalue weighted by Gasteiger charge is -2.24. The van der Waals surface area contributed by atoms with Crippen molar-refractivity contribution < 1.29 is 22.0 Å². The van der Waals surface area contributed by atoms with Crippen molar-refractivity contribution in [3.8, 4) is 0 Å². The third kappa shape index (κ3) is 5.88. The second-order valence-corrected chi connectivity index (χ2v) is 8.89. The van der Waals surface area contributed by atoms with E-state index in [1.54, 1.807) is 11.0 Å². The van der Waals surface area contributed by atoms with Crippen LogP contribution in [0.3, 0.4) is 0 Å². The Labute approximate surface area is 209 Å². The molecule has 4 aromatic rings. The third-order valence-corrected chi connectivity index (χ3v) is 6.24. The van der Waals surface area contributed by atoms with E-state index in [0.29, 0.717) is 31.7 Å². The Morgan fingerprint density at radius 2 is 1.78 bits per heavy atom. The number of anilines is 2. The third-order valence-electron chi connectivity index (χ3n) is 6.24. The number of rotatable bonds is 8. The predicted octanol–water partition coefficient (Wildman–Crippen LogP) is 5.81. The van der Waals surface area contributed by atoms with E-state index in [2.05, 4.69) is 20.8 Å². The molecular weight excluding hydrogens is 491 g/mol. The summed E-state index contributed by atoms with van der Waals surface area (Å²) in [6.07, 6.45) is -1.40. The molecule has 0 spiro atoms. The molecule has 2 heterocycles. The van der Waals surface area contributed by atoms with Crippen molar-refractivity contribution in [2.45, 2.75) is 31.7 Å². The van der Waals surface area contributed by atoms with Crippen LogP contribution in [0, 0.1) is 11.6 Å². The minimum atomic E-state index is -4.36. The molecule has 0 bridgehead atoms. The van der Waals surface area contributed by atoms with Crippen molar-refractivity contribution in [2.75, 3.05) is 17.3 Å². The van der Waals surface area contributed by atoms with Crippen molar-refractivity contribution in [3.63, 3.8) is 0 Å². The van der Waals surface area contributed by atoms with Gasteiger partial charge in [0.05, 0.1) is 17.8 Å². The summed E-state index contributed by atoms with van der Waals surface area (Å²) in [4.78, 5) is 3.95. The van der Waals surface area contributed by atoms with Crippen LogP contribution in [0.15, 0.2) is 73.3 Å². The number of alkyl halides is 3. The number of benzene rings is 3. The van der Waals surface area contributed by atoms with E-state index in [-0.39, 0.29) is 5.92 Å². The minimum absolute atomic E-state index is 0.332. The van der Waals surface area contributed by atoms with E-state index < -0.39 is 23.4 Å². The second-order valence-electron chi connectivity index (χ2n) is 8.89. The SMILES string of the molecule is Fc1ccc(C(CN2Cc3cc(NCc4ccc(C(F)(F)F)cc4)ccc3N2)Cn2cncn2)c(F)c1. The van der Waals surface area contributed by atoms with Gasteiger partial charge in [-0.25, -0.2) is 18.8 Å². The first-order valence-corrected chi connectivity index (χ1v) is 11.6. The van der Waals surface area contributed by atoms with Gasteiger partial charge in [0.25, 0.3) is 0 Å². The smallest absolute Gasteiger partial charge is 0.381 e. The molecule has 11 heteroatoms. The lowest BCUT2D eigenvalue weighted by molar-refractivity contribution is -0.137. The number of fused-ring (bicyclic) bond motifs is 1. The molecule has 3 aromatic carbocycles. The molecule has 0 amide bonds. The van der Waals surface area contributed by atoms with Crippen LogP contribution in [0.2, 0.25) is 0 Å². The first-order valence-electron chi connectivity index (χ1n) is 11.6. The zero-order chi connectivity index (χ0) is 26.0. The minimum Gasteiger partial charge on any atom is -0.381 e. The summed E-state index contributed by atoms with van der Waals surface area (Å²) in [6.45, 7) is 1.70. The van der Waals surface area contributed by atoms with Gasteiger partial charge in [0, 0.05) is 37.3 Å². The van der Waals surface area contributed by atoms with Gasteiger partial charge in [-0.15, -0.1) is 0 Å². The lowest BCUT2D eigenvalue weighted by atomic mass is 9.98. The summed E-state index contributed by atoms with van der Waals surface area (Å²) in [5, 5.41) is 9.32. The molecule has 0 radical (unpaired) electrons. The summed E-state index contributed by atoms with van der Waals surface area (Å²) in [5.74, 6) is -1.58. The lowest BCUT2D eigenvalue weighted by Crippen LogP contribution is -2.31. The average molecular weight is 515 g/mol. The molecule has 1 aromatic heterocycles. The number of nitrogens with one attached hydrogen (secondary N) is 2. The molecule has 0 fully saturated rings. The van der Waals surface area contributed by atoms with Crippen LogP contribution < -0.4 is 10.7 Å². The quantitative estimate of drug-likeness (QED) is 0.291. The zero-order valence-electron chi connectivity index (χ0n) is 19.5. The van der Waals surface area contributed by atoms with Gasteiger partial charge >= 0.3 is 6.18 Å². The fraction of sp³-hybridized carbons (Fsp3) is 0.231. The Morgan fingerprint density at radius 3 is 2.49 bits per heavy atom. The topological polar surface area (TPSA) is 58.0 Å². The summed E-state index contributed by atoms with van der Waals surface area (Å²) in [7, 11) is 0. The highest BCUT2D eigenvalue weighted by Gasteiger charge is 2.30. The van der Waals surface area contributed by atoms with Crippen LogP contribution in [-0.2, 0) is 25.8 Å². The van der Waals surface area contributed by atoms with E-state index in [9.17, 15) is 22.0 Å². The van der Waals surface area contributed by atoms with Crippen molar-refractivity contribution in [3.05, 3.63) is 107 Å². The number of halogens is 5. The molecule has 5 rings (SSSR count). The molecular formula is C26H23F5N6. The molecule has 0 saturated heterocycles. The highest BCUT2D eigenvalue weighted by Crippen LogP contribution is 2.32. The van der Waals surface area contributed by atoms with Crippen LogP contribution in [0.4, 0.5) is 33.3 Å². The normalized spacial score (nSPS) is 14.3. The number of hydrazine groups is 1. The van der Waals surface area contributed by atoms with E-state index in [4.69, 9.17) is 0 Å². The van der Waals surface area contributed by atoms with Crippen LogP contribution in [0.5, 0.6) is 0 Å². The fourth-order valence-electron chi connectivity index (χ4n) is 4.39. The molecule has 0 saturated carbocycles. The predicted molar refractivity (Wildman–Crippen MR) is 128 cm³/mol. The van der Waals surface area contributed by atoms with Gasteiger partial charge in [0.1, 0.15) is 24.3 Å². The van der Waals surface area contributed by atoms with Gasteiger partial charge in [-0.3, -0.25) is 4.68 Å². The maximum Gasteiger partial charge on any atom is 0.416 e. The standard InChI is InChI=1S/C26H23F5N6/c27-21-5-7-23(24(28)10-21)19(14-37-16-32-15-34-37)13-36-12-18-9-22(6-8-25(18)35-36)33-11-17-1-3-20(4-2-17)26(29,30)31/h1-10,15-16,19,33,35H,11-14H2. The number of nitrogens with zero attached hydrogens (tertiary/aromatic N) is 4. The Balaban J connectivity index is 1.25. The number of aromatic nitrogens is 3. The molecule has 0 aliphatic carbocycles. The van der Waals surface area contributed by atoms with E-state index in [1.807, 2.05) is 23.2 Å². The van der Waals surface area contributed by atoms with E-state index >= 15 is 0 Å². The first-order chi connectivity index (χ1) is 17.7. The highest BCUT2D eigenvalue weighted by molar-refractivity contribution is 5.61. The highest BCUT2D eigenvalue weighted by atomic mass is 19.4. The molecule has 1 unspecified atom stereocenters. The Bertz CT molecular complexity index is 1360. The first kappa shape index (κ1) is 24.7. The molecule has 1 aliphatic heterocycles. The van der Waals surface area contributed by atoms with Crippen molar-refractivity contribution >= 4 is 11.4 Å². The van der Waals surface area contributed by atoms with Crippen LogP contribution in [0.1, 0.15) is 28.2 Å². The summed E-state index contributed by atoms with van der Waals surface area (Å²) < 4.78 is 68.1.